The molecule has 4 heteroatoms. The molecule has 4 aliphatic rings. The number of rotatable bonds is 0. The smallest absolute Gasteiger partial charge is 0.166 e. The van der Waals surface area contributed by atoms with Gasteiger partial charge in [-0.15, -0.1) is 0 Å². The van der Waals surface area contributed by atoms with Crippen LogP contribution < -0.4 is 0 Å². The van der Waals surface area contributed by atoms with E-state index in [1.54, 1.807) is 0 Å². The maximum Gasteiger partial charge on any atom is 0.166 e. The topological polar surface area (TPSA) is 60.8 Å². The first-order valence-corrected chi connectivity index (χ1v) is 8.20. The Balaban J connectivity index is 1.91. The summed E-state index contributed by atoms with van der Waals surface area (Å²) in [7, 11) is 0. The highest BCUT2D eigenvalue weighted by atomic mass is 16.3. The van der Waals surface area contributed by atoms with E-state index in [1.807, 2.05) is 0 Å². The van der Waals surface area contributed by atoms with E-state index in [0.717, 1.165) is 51.6 Å². The van der Waals surface area contributed by atoms with Crippen molar-refractivity contribution in [2.75, 3.05) is 13.1 Å². The van der Waals surface area contributed by atoms with Gasteiger partial charge < -0.3 is 10.2 Å². The van der Waals surface area contributed by atoms with Crippen LogP contribution in [0.4, 0.5) is 0 Å². The molecule has 0 unspecified atom stereocenters. The largest absolute Gasteiger partial charge is 0.388 e. The molecule has 0 amide bonds. The van der Waals surface area contributed by atoms with Crippen LogP contribution in [-0.4, -0.2) is 51.2 Å². The lowest BCUT2D eigenvalue weighted by Crippen LogP contribution is -2.82. The predicted octanol–water partition coefficient (Wildman–Crippen LogP) is 0.952. The molecule has 2 aliphatic carbocycles. The minimum Gasteiger partial charge on any atom is -0.388 e. The van der Waals surface area contributed by atoms with Crippen molar-refractivity contribution in [3.05, 3.63) is 0 Å². The van der Waals surface area contributed by atoms with Crippen molar-refractivity contribution in [3.8, 4) is 0 Å². The lowest BCUT2D eigenvalue weighted by atomic mass is 9.45. The van der Waals surface area contributed by atoms with Crippen LogP contribution in [0.2, 0.25) is 0 Å². The second kappa shape index (κ2) is 4.05. The van der Waals surface area contributed by atoms with Crippen LogP contribution in [-0.2, 0) is 4.79 Å². The molecule has 2 heterocycles. The second-order valence-corrected chi connectivity index (χ2v) is 7.63. The zero-order valence-electron chi connectivity index (χ0n) is 12.2. The summed E-state index contributed by atoms with van der Waals surface area (Å²) in [5, 5.41) is 22.0. The summed E-state index contributed by atoms with van der Waals surface area (Å²) in [6.07, 6.45) is 4.35. The molecule has 20 heavy (non-hydrogen) atoms. The molecule has 4 fully saturated rings. The molecule has 2 saturated heterocycles. The average Bonchev–Trinajstić information content (AvgIpc) is 2.42. The van der Waals surface area contributed by atoms with Crippen molar-refractivity contribution >= 4 is 5.78 Å². The molecule has 0 aromatic carbocycles. The van der Waals surface area contributed by atoms with Gasteiger partial charge in [-0.2, -0.15) is 0 Å². The molecule has 4 nitrogen and oxygen atoms in total. The number of piperidine rings is 2. The number of ketones is 1. The lowest BCUT2D eigenvalue weighted by molar-refractivity contribution is -0.267. The Kier molecular flexibility index (Phi) is 2.68. The molecule has 112 valence electrons. The highest BCUT2D eigenvalue weighted by Crippen LogP contribution is 2.61. The molecule has 2 aliphatic heterocycles. The third-order valence-electron chi connectivity index (χ3n) is 6.74. The zero-order chi connectivity index (χ0) is 14.1. The number of aliphatic hydroxyl groups excluding tert-OH is 1. The van der Waals surface area contributed by atoms with Crippen LogP contribution in [0.3, 0.4) is 0 Å². The third kappa shape index (κ3) is 1.31. The monoisotopic (exact) mass is 279 g/mol. The summed E-state index contributed by atoms with van der Waals surface area (Å²) in [6, 6.07) is 0. The Hall–Kier alpha value is -0.450. The Bertz CT molecular complexity index is 451. The van der Waals surface area contributed by atoms with E-state index in [1.165, 1.54) is 0 Å². The summed E-state index contributed by atoms with van der Waals surface area (Å²) >= 11 is 0. The summed E-state index contributed by atoms with van der Waals surface area (Å²) in [6.45, 7) is 4.21. The number of nitrogens with zero attached hydrogens (tertiary/aromatic N) is 1. The fourth-order valence-electron chi connectivity index (χ4n) is 6.16. The minimum atomic E-state index is -0.945. The Morgan fingerprint density at radius 3 is 2.85 bits per heavy atom. The standard InChI is InChI=1S/C16H25NO3/c1-10-8-12-14(19)13(18)11-4-2-6-17-7-3-5-16(12,20)15(11,17)9-10/h10-12,14,19-20H,2-9H2,1H3/t10-,11-,12-,14+,15-,16+/m1/s1. The molecular formula is C16H25NO3. The van der Waals surface area contributed by atoms with Gasteiger partial charge in [0, 0.05) is 11.8 Å². The molecule has 4 rings (SSSR count). The van der Waals surface area contributed by atoms with Gasteiger partial charge in [0.1, 0.15) is 6.10 Å². The van der Waals surface area contributed by atoms with Gasteiger partial charge in [0.15, 0.2) is 5.78 Å². The summed E-state index contributed by atoms with van der Waals surface area (Å²) < 4.78 is 0. The minimum absolute atomic E-state index is 0.0122. The number of aliphatic hydroxyl groups is 2. The van der Waals surface area contributed by atoms with Gasteiger partial charge in [0.2, 0.25) is 0 Å². The van der Waals surface area contributed by atoms with Crippen molar-refractivity contribution < 1.29 is 15.0 Å². The molecular weight excluding hydrogens is 254 g/mol. The molecule has 2 N–H and O–H groups in total. The number of hydrogen-bond acceptors (Lipinski definition) is 4. The first kappa shape index (κ1) is 13.2. The third-order valence-corrected chi connectivity index (χ3v) is 6.74. The fourth-order valence-corrected chi connectivity index (χ4v) is 6.16. The summed E-state index contributed by atoms with van der Waals surface area (Å²) in [5.41, 5.74) is -1.22. The van der Waals surface area contributed by atoms with Crippen molar-refractivity contribution in [2.45, 2.75) is 62.7 Å². The van der Waals surface area contributed by atoms with Crippen LogP contribution in [0.15, 0.2) is 0 Å². The highest BCUT2D eigenvalue weighted by molar-refractivity contribution is 5.89. The van der Waals surface area contributed by atoms with Crippen molar-refractivity contribution in [1.29, 1.82) is 0 Å². The van der Waals surface area contributed by atoms with Gasteiger partial charge in [0.05, 0.1) is 11.1 Å². The lowest BCUT2D eigenvalue weighted by Gasteiger charge is -2.70. The van der Waals surface area contributed by atoms with Gasteiger partial charge >= 0.3 is 0 Å². The van der Waals surface area contributed by atoms with Crippen molar-refractivity contribution in [1.82, 2.24) is 4.90 Å². The highest BCUT2D eigenvalue weighted by Gasteiger charge is 2.72. The number of carbonyl (C=O) groups is 1. The Morgan fingerprint density at radius 1 is 1.30 bits per heavy atom. The molecule has 0 radical (unpaired) electrons. The SMILES string of the molecule is C[C@@H]1C[C@@H]2[C@H](O)C(=O)[C@H]3CCCN4CCC[C@@]2(O)[C@@]34C1. The normalized spacial score (nSPS) is 55.5. The fraction of sp³-hybridized carbons (Fsp3) is 0.938. The van der Waals surface area contributed by atoms with Gasteiger partial charge in [0.25, 0.3) is 0 Å². The first-order valence-electron chi connectivity index (χ1n) is 8.20. The molecule has 6 atom stereocenters. The van der Waals surface area contributed by atoms with Gasteiger partial charge in [-0.3, -0.25) is 9.69 Å². The second-order valence-electron chi connectivity index (χ2n) is 7.63. The Morgan fingerprint density at radius 2 is 2.05 bits per heavy atom. The van der Waals surface area contributed by atoms with Gasteiger partial charge in [-0.05, 0) is 57.5 Å². The van der Waals surface area contributed by atoms with Crippen molar-refractivity contribution in [2.24, 2.45) is 17.8 Å². The molecule has 2 saturated carbocycles. The van der Waals surface area contributed by atoms with E-state index in [9.17, 15) is 15.0 Å². The maximum absolute atomic E-state index is 12.7. The molecule has 0 aromatic rings. The average molecular weight is 279 g/mol. The quantitative estimate of drug-likeness (QED) is 0.693. The van der Waals surface area contributed by atoms with E-state index in [2.05, 4.69) is 11.8 Å². The maximum atomic E-state index is 12.7. The number of Topliss-reactive ketones (excluding diaryl/α,β-unsaturated/α-hetero) is 1. The Labute approximate surface area is 120 Å². The predicted molar refractivity (Wildman–Crippen MR) is 74.1 cm³/mol. The van der Waals surface area contributed by atoms with Crippen molar-refractivity contribution in [3.63, 3.8) is 0 Å². The molecule has 1 spiro atoms. The van der Waals surface area contributed by atoms with E-state index < -0.39 is 11.7 Å². The molecule has 0 aromatic heterocycles. The van der Waals surface area contributed by atoms with Crippen LogP contribution in [0, 0.1) is 17.8 Å². The number of carbonyl (C=O) groups excluding carboxylic acids is 1. The number of hydrogen-bond donors (Lipinski definition) is 2. The van der Waals surface area contributed by atoms with Crippen LogP contribution >= 0.6 is 0 Å². The van der Waals surface area contributed by atoms with Crippen LogP contribution in [0.5, 0.6) is 0 Å². The van der Waals surface area contributed by atoms with Crippen LogP contribution in [0.25, 0.3) is 0 Å². The van der Waals surface area contributed by atoms with Crippen LogP contribution in [0.1, 0.15) is 45.4 Å². The summed E-state index contributed by atoms with van der Waals surface area (Å²) in [4.78, 5) is 15.1. The van der Waals surface area contributed by atoms with E-state index in [4.69, 9.17) is 0 Å². The van der Waals surface area contributed by atoms with Gasteiger partial charge in [-0.1, -0.05) is 6.92 Å². The van der Waals surface area contributed by atoms with E-state index in [-0.39, 0.29) is 23.2 Å². The van der Waals surface area contributed by atoms with E-state index >= 15 is 0 Å². The van der Waals surface area contributed by atoms with E-state index in [0.29, 0.717) is 5.92 Å². The zero-order valence-corrected chi connectivity index (χ0v) is 12.2. The first-order chi connectivity index (χ1) is 9.50. The summed E-state index contributed by atoms with van der Waals surface area (Å²) in [5.74, 6) is 0.0776. The van der Waals surface area contributed by atoms with Gasteiger partial charge in [-0.25, -0.2) is 0 Å². The molecule has 2 bridgehead atoms.